The predicted molar refractivity (Wildman–Crippen MR) is 56.5 cm³/mol. The smallest absolute Gasteiger partial charge is 0.369 e. The third-order valence-corrected chi connectivity index (χ3v) is 2.43. The van der Waals surface area contributed by atoms with Crippen molar-refractivity contribution < 1.29 is 27.1 Å². The first-order valence-corrected chi connectivity index (χ1v) is 5.22. The van der Waals surface area contributed by atoms with Crippen LogP contribution in [0.5, 0.6) is 0 Å². The molecule has 6 heteroatoms. The lowest BCUT2D eigenvalue weighted by molar-refractivity contribution is -0.138. The van der Waals surface area contributed by atoms with Gasteiger partial charge in [-0.05, 0) is 23.8 Å². The van der Waals surface area contributed by atoms with Crippen LogP contribution in [0.15, 0.2) is 18.2 Å². The largest absolute Gasteiger partial charge is 0.416 e. The molecule has 0 aliphatic rings. The highest BCUT2D eigenvalue weighted by molar-refractivity contribution is 5.84. The van der Waals surface area contributed by atoms with Crippen molar-refractivity contribution in [1.82, 2.24) is 0 Å². The fraction of sp³-hybridized carbons (Fsp3) is 0.417. The van der Waals surface area contributed by atoms with E-state index >= 15 is 0 Å². The van der Waals surface area contributed by atoms with E-state index in [4.69, 9.17) is 4.74 Å². The molecule has 2 nitrogen and oxygen atoms in total. The lowest BCUT2D eigenvalue weighted by Crippen LogP contribution is -2.15. The molecular formula is C12H12F4O2. The SMILES string of the molecule is CCC(=O)C(OC)c1cc(F)cc(C(F)(F)F)c1. The summed E-state index contributed by atoms with van der Waals surface area (Å²) in [7, 11) is 1.19. The van der Waals surface area contributed by atoms with Crippen molar-refractivity contribution in [2.45, 2.75) is 25.6 Å². The Morgan fingerprint density at radius 2 is 1.94 bits per heavy atom. The average molecular weight is 264 g/mol. The second-order valence-corrected chi connectivity index (χ2v) is 3.71. The Hall–Kier alpha value is -1.43. The summed E-state index contributed by atoms with van der Waals surface area (Å²) in [5.74, 6) is -1.46. The highest BCUT2D eigenvalue weighted by Gasteiger charge is 2.32. The molecular weight excluding hydrogens is 252 g/mol. The third kappa shape index (κ3) is 3.29. The van der Waals surface area contributed by atoms with Gasteiger partial charge < -0.3 is 4.74 Å². The van der Waals surface area contributed by atoms with Crippen LogP contribution in [0.25, 0.3) is 0 Å². The minimum absolute atomic E-state index is 0.0936. The standard InChI is InChI=1S/C12H12F4O2/c1-3-10(17)11(18-2)7-4-8(12(14,15)16)6-9(13)5-7/h4-6,11H,3H2,1-2H3. The van der Waals surface area contributed by atoms with Gasteiger partial charge in [0.15, 0.2) is 5.78 Å². The number of carbonyl (C=O) groups excluding carboxylic acids is 1. The zero-order valence-corrected chi connectivity index (χ0v) is 9.84. The maximum Gasteiger partial charge on any atom is 0.416 e. The van der Waals surface area contributed by atoms with Gasteiger partial charge in [-0.3, -0.25) is 4.79 Å². The van der Waals surface area contributed by atoms with E-state index in [0.717, 1.165) is 12.1 Å². The summed E-state index contributed by atoms with van der Waals surface area (Å²) >= 11 is 0. The van der Waals surface area contributed by atoms with Crippen molar-refractivity contribution in [1.29, 1.82) is 0 Å². The van der Waals surface area contributed by atoms with Crippen LogP contribution < -0.4 is 0 Å². The van der Waals surface area contributed by atoms with Gasteiger partial charge in [0.25, 0.3) is 0 Å². The summed E-state index contributed by atoms with van der Waals surface area (Å²) in [6, 6.07) is 1.98. The molecule has 0 saturated heterocycles. The van der Waals surface area contributed by atoms with E-state index < -0.39 is 29.4 Å². The second kappa shape index (κ2) is 5.48. The van der Waals surface area contributed by atoms with Crippen LogP contribution in [0.1, 0.15) is 30.6 Å². The van der Waals surface area contributed by atoms with E-state index in [2.05, 4.69) is 0 Å². The number of hydrogen-bond donors (Lipinski definition) is 0. The van der Waals surface area contributed by atoms with Crippen molar-refractivity contribution >= 4 is 5.78 Å². The van der Waals surface area contributed by atoms with E-state index in [1.807, 2.05) is 0 Å². The van der Waals surface area contributed by atoms with Crippen LogP contribution in [-0.2, 0) is 15.7 Å². The summed E-state index contributed by atoms with van der Waals surface area (Å²) in [5, 5.41) is 0. The molecule has 0 aromatic heterocycles. The molecule has 0 radical (unpaired) electrons. The van der Waals surface area contributed by atoms with Crippen molar-refractivity contribution in [2.75, 3.05) is 7.11 Å². The zero-order valence-electron chi connectivity index (χ0n) is 9.84. The van der Waals surface area contributed by atoms with Crippen LogP contribution >= 0.6 is 0 Å². The minimum atomic E-state index is -4.66. The first-order valence-electron chi connectivity index (χ1n) is 5.22. The molecule has 0 bridgehead atoms. The zero-order chi connectivity index (χ0) is 13.9. The predicted octanol–water partition coefficient (Wildman–Crippen LogP) is 3.51. The molecule has 0 fully saturated rings. The van der Waals surface area contributed by atoms with E-state index in [-0.39, 0.29) is 12.0 Å². The molecule has 18 heavy (non-hydrogen) atoms. The number of methoxy groups -OCH3 is 1. The van der Waals surface area contributed by atoms with Gasteiger partial charge in [-0.1, -0.05) is 6.92 Å². The molecule has 1 rings (SSSR count). The van der Waals surface area contributed by atoms with Crippen molar-refractivity contribution in [3.05, 3.63) is 35.1 Å². The van der Waals surface area contributed by atoms with Gasteiger partial charge in [0.1, 0.15) is 11.9 Å². The second-order valence-electron chi connectivity index (χ2n) is 3.71. The molecule has 0 heterocycles. The van der Waals surface area contributed by atoms with Crippen molar-refractivity contribution in [2.24, 2.45) is 0 Å². The minimum Gasteiger partial charge on any atom is -0.369 e. The molecule has 1 aromatic carbocycles. The summed E-state index contributed by atoms with van der Waals surface area (Å²) in [5.41, 5.74) is -1.26. The number of carbonyl (C=O) groups is 1. The Morgan fingerprint density at radius 1 is 1.33 bits per heavy atom. The average Bonchev–Trinajstić information content (AvgIpc) is 2.27. The third-order valence-electron chi connectivity index (χ3n) is 2.43. The molecule has 0 aliphatic heterocycles. The summed E-state index contributed by atoms with van der Waals surface area (Å²) < 4.78 is 55.5. The molecule has 0 N–H and O–H groups in total. The van der Waals surface area contributed by atoms with Gasteiger partial charge >= 0.3 is 6.18 Å². The summed E-state index contributed by atoms with van der Waals surface area (Å²) in [4.78, 5) is 11.5. The number of ketones is 1. The highest BCUT2D eigenvalue weighted by Crippen LogP contribution is 2.32. The van der Waals surface area contributed by atoms with Gasteiger partial charge in [0.2, 0.25) is 0 Å². The molecule has 1 unspecified atom stereocenters. The Balaban J connectivity index is 3.24. The first kappa shape index (κ1) is 14.6. The van der Waals surface area contributed by atoms with Crippen LogP contribution in [0, 0.1) is 5.82 Å². The van der Waals surface area contributed by atoms with E-state index in [9.17, 15) is 22.4 Å². The first-order chi connectivity index (χ1) is 8.29. The van der Waals surface area contributed by atoms with Crippen LogP contribution in [0.3, 0.4) is 0 Å². The normalized spacial score (nSPS) is 13.4. The van der Waals surface area contributed by atoms with Crippen LogP contribution in [0.2, 0.25) is 0 Å². The Morgan fingerprint density at radius 3 is 2.39 bits per heavy atom. The van der Waals surface area contributed by atoms with Crippen molar-refractivity contribution in [3.63, 3.8) is 0 Å². The van der Waals surface area contributed by atoms with E-state index in [0.29, 0.717) is 6.07 Å². The molecule has 100 valence electrons. The molecule has 1 aromatic rings. The van der Waals surface area contributed by atoms with Crippen LogP contribution in [0.4, 0.5) is 17.6 Å². The summed E-state index contributed by atoms with van der Waals surface area (Å²) in [6.07, 6.45) is -5.74. The van der Waals surface area contributed by atoms with Gasteiger partial charge in [-0.15, -0.1) is 0 Å². The van der Waals surface area contributed by atoms with Gasteiger partial charge in [-0.2, -0.15) is 13.2 Å². The maximum absolute atomic E-state index is 13.2. The van der Waals surface area contributed by atoms with E-state index in [1.165, 1.54) is 7.11 Å². The Bertz CT molecular complexity index is 440. The lowest BCUT2D eigenvalue weighted by atomic mass is 10.0. The fourth-order valence-electron chi connectivity index (χ4n) is 1.57. The topological polar surface area (TPSA) is 26.3 Å². The molecule has 0 saturated carbocycles. The van der Waals surface area contributed by atoms with Gasteiger partial charge in [0.05, 0.1) is 5.56 Å². The van der Waals surface area contributed by atoms with E-state index in [1.54, 1.807) is 6.92 Å². The number of hydrogen-bond acceptors (Lipinski definition) is 2. The number of ether oxygens (including phenoxy) is 1. The Labute approximate surface area is 102 Å². The molecule has 1 atom stereocenters. The highest BCUT2D eigenvalue weighted by atomic mass is 19.4. The number of benzene rings is 1. The fourth-order valence-corrected chi connectivity index (χ4v) is 1.57. The van der Waals surface area contributed by atoms with Crippen LogP contribution in [-0.4, -0.2) is 12.9 Å². The monoisotopic (exact) mass is 264 g/mol. The maximum atomic E-state index is 13.2. The molecule has 0 aliphatic carbocycles. The number of alkyl halides is 3. The van der Waals surface area contributed by atoms with Crippen molar-refractivity contribution in [3.8, 4) is 0 Å². The quantitative estimate of drug-likeness (QED) is 0.778. The number of Topliss-reactive ketones (excluding diaryl/α,β-unsaturated/α-hetero) is 1. The van der Waals surface area contributed by atoms with Gasteiger partial charge in [0, 0.05) is 13.5 Å². The Kier molecular flexibility index (Phi) is 4.45. The van der Waals surface area contributed by atoms with Gasteiger partial charge in [-0.25, -0.2) is 4.39 Å². The number of halogens is 4. The molecule has 0 amide bonds. The summed E-state index contributed by atoms with van der Waals surface area (Å²) in [6.45, 7) is 1.55. The molecule has 0 spiro atoms. The lowest BCUT2D eigenvalue weighted by Gasteiger charge is -2.16. The number of rotatable bonds is 4.